The molecule has 2 aromatic rings. The second kappa shape index (κ2) is 6.19. The molecule has 4 heteroatoms. The van der Waals surface area contributed by atoms with E-state index in [1.54, 1.807) is 0 Å². The molecular formula is C17H14F2N2. The third kappa shape index (κ3) is 3.46. The van der Waals surface area contributed by atoms with Gasteiger partial charge < -0.3 is 4.90 Å². The van der Waals surface area contributed by atoms with Crippen LogP contribution in [0.1, 0.15) is 11.1 Å². The molecule has 0 aliphatic heterocycles. The van der Waals surface area contributed by atoms with Crippen molar-refractivity contribution in [3.05, 3.63) is 65.2 Å². The zero-order valence-electron chi connectivity index (χ0n) is 11.8. The van der Waals surface area contributed by atoms with Crippen LogP contribution in [0.3, 0.4) is 0 Å². The van der Waals surface area contributed by atoms with E-state index >= 15 is 0 Å². The first-order chi connectivity index (χ1) is 10.0. The second-order valence-corrected chi connectivity index (χ2v) is 4.78. The van der Waals surface area contributed by atoms with Crippen molar-refractivity contribution in [2.75, 3.05) is 19.0 Å². The van der Waals surface area contributed by atoms with Crippen LogP contribution >= 0.6 is 0 Å². The van der Waals surface area contributed by atoms with Crippen molar-refractivity contribution in [1.29, 1.82) is 5.26 Å². The summed E-state index contributed by atoms with van der Waals surface area (Å²) < 4.78 is 26.9. The molecule has 0 fully saturated rings. The van der Waals surface area contributed by atoms with Gasteiger partial charge in [-0.2, -0.15) is 5.26 Å². The summed E-state index contributed by atoms with van der Waals surface area (Å²) in [5.41, 5.74) is 1.82. The molecule has 2 aromatic carbocycles. The molecule has 0 heterocycles. The van der Waals surface area contributed by atoms with E-state index in [-0.39, 0.29) is 11.1 Å². The number of halogens is 2. The Balaban J connectivity index is 2.41. The monoisotopic (exact) mass is 284 g/mol. The number of nitriles is 1. The van der Waals surface area contributed by atoms with Crippen molar-refractivity contribution in [2.24, 2.45) is 0 Å². The lowest BCUT2D eigenvalue weighted by atomic mass is 10.0. The zero-order chi connectivity index (χ0) is 15.4. The Morgan fingerprint density at radius 1 is 1.10 bits per heavy atom. The Bertz CT molecular complexity index is 711. The normalized spacial score (nSPS) is 11.1. The summed E-state index contributed by atoms with van der Waals surface area (Å²) >= 11 is 0. The first-order valence-corrected chi connectivity index (χ1v) is 6.36. The Labute approximate surface area is 122 Å². The van der Waals surface area contributed by atoms with Crippen LogP contribution in [-0.2, 0) is 0 Å². The molecule has 0 aromatic heterocycles. The van der Waals surface area contributed by atoms with E-state index in [4.69, 9.17) is 0 Å². The van der Waals surface area contributed by atoms with Crippen molar-refractivity contribution >= 4 is 17.3 Å². The fraction of sp³-hybridized carbons (Fsp3) is 0.118. The minimum Gasteiger partial charge on any atom is -0.378 e. The number of benzene rings is 2. The van der Waals surface area contributed by atoms with Gasteiger partial charge in [0, 0.05) is 25.3 Å². The summed E-state index contributed by atoms with van der Waals surface area (Å²) in [5, 5.41) is 9.18. The average molecular weight is 284 g/mol. The maximum Gasteiger partial charge on any atom is 0.131 e. The predicted octanol–water partition coefficient (Wildman–Crippen LogP) is 4.09. The molecule has 0 atom stereocenters. The lowest BCUT2D eigenvalue weighted by Gasteiger charge is -2.12. The predicted molar refractivity (Wildman–Crippen MR) is 80.6 cm³/mol. The summed E-state index contributed by atoms with van der Waals surface area (Å²) in [4.78, 5) is 1.95. The number of anilines is 1. The Morgan fingerprint density at radius 3 is 2.33 bits per heavy atom. The lowest BCUT2D eigenvalue weighted by molar-refractivity contribution is 0.597. The molecule has 2 nitrogen and oxygen atoms in total. The first-order valence-electron chi connectivity index (χ1n) is 6.36. The molecule has 0 saturated heterocycles. The topological polar surface area (TPSA) is 27.0 Å². The number of allylic oxidation sites excluding steroid dienone is 1. The van der Waals surface area contributed by atoms with Crippen molar-refractivity contribution in [3.8, 4) is 6.07 Å². The van der Waals surface area contributed by atoms with Crippen molar-refractivity contribution in [2.45, 2.75) is 0 Å². The van der Waals surface area contributed by atoms with Gasteiger partial charge in [-0.25, -0.2) is 8.78 Å². The summed E-state index contributed by atoms with van der Waals surface area (Å²) in [6.07, 6.45) is 1.54. The van der Waals surface area contributed by atoms with E-state index in [1.165, 1.54) is 6.08 Å². The molecule has 0 radical (unpaired) electrons. The highest BCUT2D eigenvalue weighted by atomic mass is 19.1. The van der Waals surface area contributed by atoms with Crippen molar-refractivity contribution < 1.29 is 8.78 Å². The minimum absolute atomic E-state index is 0.0332. The van der Waals surface area contributed by atoms with Gasteiger partial charge in [-0.3, -0.25) is 0 Å². The number of hydrogen-bond acceptors (Lipinski definition) is 2. The van der Waals surface area contributed by atoms with E-state index in [0.717, 1.165) is 29.4 Å². The first kappa shape index (κ1) is 14.7. The molecule has 0 amide bonds. The van der Waals surface area contributed by atoms with Gasteiger partial charge in [0.25, 0.3) is 0 Å². The van der Waals surface area contributed by atoms with Crippen LogP contribution in [0.5, 0.6) is 0 Å². The molecule has 106 valence electrons. The van der Waals surface area contributed by atoms with E-state index in [0.29, 0.717) is 0 Å². The van der Waals surface area contributed by atoms with Crippen molar-refractivity contribution in [3.63, 3.8) is 0 Å². The zero-order valence-corrected chi connectivity index (χ0v) is 11.8. The molecule has 0 unspecified atom stereocenters. The average Bonchev–Trinajstić information content (AvgIpc) is 2.48. The highest BCUT2D eigenvalue weighted by Crippen LogP contribution is 2.22. The second-order valence-electron chi connectivity index (χ2n) is 4.78. The Hall–Kier alpha value is -2.67. The maximum atomic E-state index is 13.7. The molecule has 0 N–H and O–H groups in total. The number of rotatable bonds is 3. The van der Waals surface area contributed by atoms with Crippen LogP contribution in [0.25, 0.3) is 11.6 Å². The Morgan fingerprint density at radius 2 is 1.76 bits per heavy atom. The minimum atomic E-state index is -0.617. The molecule has 0 spiro atoms. The molecular weight excluding hydrogens is 270 g/mol. The highest BCUT2D eigenvalue weighted by molar-refractivity contribution is 5.89. The number of hydrogen-bond donors (Lipinski definition) is 0. The summed E-state index contributed by atoms with van der Waals surface area (Å²) in [6, 6.07) is 12.4. The van der Waals surface area contributed by atoms with Gasteiger partial charge in [0.05, 0.1) is 11.6 Å². The van der Waals surface area contributed by atoms with Gasteiger partial charge in [-0.1, -0.05) is 12.1 Å². The maximum absolute atomic E-state index is 13.7. The van der Waals surface area contributed by atoms with Gasteiger partial charge in [0.15, 0.2) is 0 Å². The lowest BCUT2D eigenvalue weighted by Crippen LogP contribution is -2.07. The van der Waals surface area contributed by atoms with Gasteiger partial charge in [0.2, 0.25) is 0 Å². The van der Waals surface area contributed by atoms with Crippen LogP contribution < -0.4 is 4.90 Å². The standard InChI is InChI=1S/C17H14F2N2/c1-21(2)15-6-3-12(4-7-15)9-13(11-20)16-10-14(18)5-8-17(16)19/h3-10H,1-2H3/b13-9+. The molecule has 0 aliphatic rings. The van der Waals surface area contributed by atoms with Gasteiger partial charge in [0.1, 0.15) is 11.6 Å². The molecule has 0 aliphatic carbocycles. The summed E-state index contributed by atoms with van der Waals surface area (Å²) in [7, 11) is 3.85. The largest absolute Gasteiger partial charge is 0.378 e. The SMILES string of the molecule is CN(C)c1ccc(/C=C(\C#N)c2cc(F)ccc2F)cc1. The molecule has 21 heavy (non-hydrogen) atoms. The van der Waals surface area contributed by atoms with Crippen molar-refractivity contribution in [1.82, 2.24) is 0 Å². The number of nitrogens with zero attached hydrogens (tertiary/aromatic N) is 2. The van der Waals surface area contributed by atoms with Crippen LogP contribution in [0.4, 0.5) is 14.5 Å². The van der Waals surface area contributed by atoms with Crippen LogP contribution in [0.2, 0.25) is 0 Å². The Kier molecular flexibility index (Phi) is 4.34. The highest BCUT2D eigenvalue weighted by Gasteiger charge is 2.09. The van der Waals surface area contributed by atoms with E-state index in [2.05, 4.69) is 0 Å². The van der Waals surface area contributed by atoms with E-state index in [9.17, 15) is 14.0 Å². The quantitative estimate of drug-likeness (QED) is 0.627. The van der Waals surface area contributed by atoms with E-state index < -0.39 is 11.6 Å². The van der Waals surface area contributed by atoms with Crippen LogP contribution in [0, 0.1) is 23.0 Å². The van der Waals surface area contributed by atoms with E-state index in [1.807, 2.05) is 49.3 Å². The summed E-state index contributed by atoms with van der Waals surface area (Å²) in [5.74, 6) is -1.19. The van der Waals surface area contributed by atoms with Gasteiger partial charge >= 0.3 is 0 Å². The van der Waals surface area contributed by atoms with Crippen LogP contribution in [0.15, 0.2) is 42.5 Å². The molecule has 2 rings (SSSR count). The van der Waals surface area contributed by atoms with Crippen LogP contribution in [-0.4, -0.2) is 14.1 Å². The van der Waals surface area contributed by atoms with Gasteiger partial charge in [-0.15, -0.1) is 0 Å². The third-order valence-electron chi connectivity index (χ3n) is 3.06. The third-order valence-corrected chi connectivity index (χ3v) is 3.06. The summed E-state index contributed by atoms with van der Waals surface area (Å²) in [6.45, 7) is 0. The fourth-order valence-electron chi connectivity index (χ4n) is 1.91. The fourth-order valence-corrected chi connectivity index (χ4v) is 1.91. The molecule has 0 saturated carbocycles. The smallest absolute Gasteiger partial charge is 0.131 e. The van der Waals surface area contributed by atoms with Gasteiger partial charge in [-0.05, 0) is 42.0 Å². The molecule has 0 bridgehead atoms.